The van der Waals surface area contributed by atoms with Crippen molar-refractivity contribution in [2.75, 3.05) is 26.7 Å². The Balaban J connectivity index is 3.02. The van der Waals surface area contributed by atoms with Crippen molar-refractivity contribution in [2.24, 2.45) is 0 Å². The zero-order valence-corrected chi connectivity index (χ0v) is 16.9. The van der Waals surface area contributed by atoms with Crippen molar-refractivity contribution in [3.05, 3.63) is 22.3 Å². The van der Waals surface area contributed by atoms with E-state index < -0.39 is 23.5 Å². The molecule has 8 nitrogen and oxygen atoms in total. The van der Waals surface area contributed by atoms with Gasteiger partial charge in [0.05, 0.1) is 13.2 Å². The average molecular weight is 419 g/mol. The van der Waals surface area contributed by atoms with Crippen molar-refractivity contribution in [2.45, 2.75) is 39.1 Å². The second-order valence-corrected chi connectivity index (χ2v) is 7.32. The van der Waals surface area contributed by atoms with Gasteiger partial charge in [0.25, 0.3) is 0 Å². The first-order chi connectivity index (χ1) is 11.6. The quantitative estimate of drug-likeness (QED) is 0.365. The third-order valence-corrected chi connectivity index (χ3v) is 3.54. The summed E-state index contributed by atoms with van der Waals surface area (Å²) >= 11 is 3.40. The molecule has 0 aromatic heterocycles. The molecule has 0 fully saturated rings. The minimum Gasteiger partial charge on any atom is -0.465 e. The van der Waals surface area contributed by atoms with E-state index >= 15 is 0 Å². The van der Waals surface area contributed by atoms with E-state index in [2.05, 4.69) is 37.2 Å². The van der Waals surface area contributed by atoms with Crippen LogP contribution in [0.15, 0.2) is 22.3 Å². The van der Waals surface area contributed by atoms with Crippen LogP contribution in [0.1, 0.15) is 27.7 Å². The first kappa shape index (κ1) is 21.5. The van der Waals surface area contributed by atoms with Crippen molar-refractivity contribution < 1.29 is 19.1 Å². The van der Waals surface area contributed by atoms with E-state index in [1.807, 2.05) is 6.08 Å². The number of rotatable bonds is 7. The molecule has 1 atom stereocenters. The van der Waals surface area contributed by atoms with Gasteiger partial charge in [0.1, 0.15) is 5.60 Å². The summed E-state index contributed by atoms with van der Waals surface area (Å²) in [5, 5.41) is 11.9. The monoisotopic (exact) mass is 418 g/mol. The van der Waals surface area contributed by atoms with Crippen LogP contribution in [0.3, 0.4) is 0 Å². The van der Waals surface area contributed by atoms with Gasteiger partial charge in [0.2, 0.25) is 0 Å². The molecular formula is C16H27BrN4O4. The number of hydrogen-bond acceptors (Lipinski definition) is 7. The first-order valence-electron chi connectivity index (χ1n) is 8.02. The summed E-state index contributed by atoms with van der Waals surface area (Å²) in [5.41, 5.74) is 0.115. The van der Waals surface area contributed by atoms with Crippen LogP contribution in [-0.2, 0) is 14.3 Å². The molecule has 1 heterocycles. The maximum absolute atomic E-state index is 12.3. The van der Waals surface area contributed by atoms with E-state index in [0.29, 0.717) is 6.54 Å². The molecule has 9 heteroatoms. The molecule has 1 aliphatic rings. The van der Waals surface area contributed by atoms with Crippen molar-refractivity contribution in [3.63, 3.8) is 0 Å². The van der Waals surface area contributed by atoms with Gasteiger partial charge in [-0.25, -0.2) is 4.79 Å². The number of esters is 1. The number of ether oxygens (including phenoxy) is 2. The summed E-state index contributed by atoms with van der Waals surface area (Å²) in [4.78, 5) is 24.1. The highest BCUT2D eigenvalue weighted by Gasteiger charge is 2.38. The predicted octanol–water partition coefficient (Wildman–Crippen LogP) is 1.30. The van der Waals surface area contributed by atoms with E-state index in [4.69, 9.17) is 9.47 Å². The first-order valence-corrected chi connectivity index (χ1v) is 8.82. The molecule has 0 aromatic carbocycles. The number of alkyl carbamates (subject to hydrolysis) is 1. The van der Waals surface area contributed by atoms with Gasteiger partial charge in [-0.2, -0.15) is 0 Å². The minimum atomic E-state index is -1.19. The van der Waals surface area contributed by atoms with Crippen LogP contribution in [0.4, 0.5) is 4.79 Å². The zero-order chi connectivity index (χ0) is 19.1. The van der Waals surface area contributed by atoms with Gasteiger partial charge in [0, 0.05) is 22.8 Å². The number of hydrogen-bond donors (Lipinski definition) is 4. The number of carbonyl (C=O) groups excluding carboxylic acids is 2. The highest BCUT2D eigenvalue weighted by atomic mass is 79.9. The predicted molar refractivity (Wildman–Crippen MR) is 98.9 cm³/mol. The fraction of sp³-hybridized carbons (Fsp3) is 0.625. The standard InChI is InChI=1S/C16H27BrN4O4/c1-6-24-13(22)10-20-16(21-14(23)25-15(2,3)4)11(8-18-5)7-12(17)9-19-16/h7,9,18-20H,6,8,10H2,1-5H3,(H,21,23). The van der Waals surface area contributed by atoms with Crippen LogP contribution in [0, 0.1) is 0 Å². The maximum atomic E-state index is 12.3. The number of dihydropyridines is 1. The number of nitrogens with one attached hydrogen (secondary N) is 4. The lowest BCUT2D eigenvalue weighted by Crippen LogP contribution is -2.70. The molecule has 142 valence electrons. The van der Waals surface area contributed by atoms with Gasteiger partial charge in [0.15, 0.2) is 5.79 Å². The van der Waals surface area contributed by atoms with E-state index in [9.17, 15) is 9.59 Å². The average Bonchev–Trinajstić information content (AvgIpc) is 2.47. The summed E-state index contributed by atoms with van der Waals surface area (Å²) in [6, 6.07) is 0. The molecule has 0 saturated heterocycles. The molecule has 1 rings (SSSR count). The van der Waals surface area contributed by atoms with Crippen molar-refractivity contribution in [1.29, 1.82) is 0 Å². The van der Waals surface area contributed by atoms with Gasteiger partial charge in [-0.05, 0) is 56.7 Å². The molecule has 0 spiro atoms. The smallest absolute Gasteiger partial charge is 0.410 e. The van der Waals surface area contributed by atoms with Crippen LogP contribution in [0.2, 0.25) is 0 Å². The minimum absolute atomic E-state index is 0.0941. The Kier molecular flexibility index (Phi) is 7.91. The van der Waals surface area contributed by atoms with Crippen LogP contribution >= 0.6 is 15.9 Å². The number of halogens is 1. The lowest BCUT2D eigenvalue weighted by atomic mass is 10.0. The van der Waals surface area contributed by atoms with Crippen LogP contribution in [-0.4, -0.2) is 50.2 Å². The third kappa shape index (κ3) is 7.05. The van der Waals surface area contributed by atoms with Crippen LogP contribution < -0.4 is 21.3 Å². The largest absolute Gasteiger partial charge is 0.465 e. The van der Waals surface area contributed by atoms with Gasteiger partial charge in [-0.1, -0.05) is 0 Å². The zero-order valence-electron chi connectivity index (χ0n) is 15.3. The summed E-state index contributed by atoms with van der Waals surface area (Å²) in [6.07, 6.45) is 2.90. The number of allylic oxidation sites excluding steroid dienone is 2. The lowest BCUT2D eigenvalue weighted by Gasteiger charge is -2.40. The van der Waals surface area contributed by atoms with Crippen molar-refractivity contribution in [1.82, 2.24) is 21.3 Å². The summed E-state index contributed by atoms with van der Waals surface area (Å²) in [5.74, 6) is -1.61. The van der Waals surface area contributed by atoms with E-state index in [1.54, 1.807) is 40.9 Å². The highest BCUT2D eigenvalue weighted by Crippen LogP contribution is 2.22. The number of carbonyl (C=O) groups is 2. The van der Waals surface area contributed by atoms with Gasteiger partial charge < -0.3 is 20.1 Å². The normalized spacial score (nSPS) is 20.1. The molecule has 0 aromatic rings. The molecular weight excluding hydrogens is 392 g/mol. The van der Waals surface area contributed by atoms with Crippen LogP contribution in [0.5, 0.6) is 0 Å². The van der Waals surface area contributed by atoms with Gasteiger partial charge >= 0.3 is 12.1 Å². The fourth-order valence-corrected chi connectivity index (χ4v) is 2.55. The molecule has 1 amide bonds. The van der Waals surface area contributed by atoms with Gasteiger partial charge in [-0.3, -0.25) is 15.4 Å². The number of amides is 1. The molecule has 1 unspecified atom stereocenters. The Labute approximate surface area is 156 Å². The highest BCUT2D eigenvalue weighted by molar-refractivity contribution is 9.11. The van der Waals surface area contributed by atoms with E-state index in [0.717, 1.165) is 10.1 Å². The summed E-state index contributed by atoms with van der Waals surface area (Å²) in [7, 11) is 1.79. The van der Waals surface area contributed by atoms with E-state index in [1.165, 1.54) is 0 Å². The van der Waals surface area contributed by atoms with E-state index in [-0.39, 0.29) is 13.2 Å². The molecule has 0 aliphatic carbocycles. The molecule has 25 heavy (non-hydrogen) atoms. The maximum Gasteiger partial charge on any atom is 0.410 e. The lowest BCUT2D eigenvalue weighted by molar-refractivity contribution is -0.142. The Morgan fingerprint density at radius 1 is 1.36 bits per heavy atom. The number of likely N-dealkylation sites (N-methyl/N-ethyl adjacent to an activating group) is 1. The van der Waals surface area contributed by atoms with Crippen molar-refractivity contribution in [3.8, 4) is 0 Å². The fourth-order valence-electron chi connectivity index (χ4n) is 2.16. The Bertz CT molecular complexity index is 557. The molecule has 0 saturated carbocycles. The Morgan fingerprint density at radius 2 is 2.04 bits per heavy atom. The Hall–Kier alpha value is -1.58. The third-order valence-electron chi connectivity index (χ3n) is 3.08. The molecule has 4 N–H and O–H groups in total. The SMILES string of the molecule is CCOC(=O)CNC1(NC(=O)OC(C)(C)C)NC=C(Br)C=C1CNC. The molecule has 0 radical (unpaired) electrons. The van der Waals surface area contributed by atoms with Gasteiger partial charge in [-0.15, -0.1) is 0 Å². The Morgan fingerprint density at radius 3 is 2.60 bits per heavy atom. The molecule has 0 bridgehead atoms. The van der Waals surface area contributed by atoms with Crippen molar-refractivity contribution >= 4 is 28.0 Å². The summed E-state index contributed by atoms with van der Waals surface area (Å²) < 4.78 is 11.1. The topological polar surface area (TPSA) is 101 Å². The van der Waals surface area contributed by atoms with Crippen LogP contribution in [0.25, 0.3) is 0 Å². The second-order valence-electron chi connectivity index (χ2n) is 6.41. The molecule has 1 aliphatic heterocycles. The summed E-state index contributed by atoms with van der Waals surface area (Å²) in [6.45, 7) is 7.72. The second kappa shape index (κ2) is 9.21.